The molecule has 2 N–H and O–H groups in total. The molecule has 7 nitrogen and oxygen atoms in total. The second kappa shape index (κ2) is 6.31. The van der Waals surface area contributed by atoms with Crippen molar-refractivity contribution in [1.82, 2.24) is 30.2 Å². The van der Waals surface area contributed by atoms with Crippen molar-refractivity contribution in [2.45, 2.75) is 22.5 Å². The number of anilines is 1. The fourth-order valence-corrected chi connectivity index (χ4v) is 4.53. The van der Waals surface area contributed by atoms with Gasteiger partial charge >= 0.3 is 6.18 Å². The number of H-pyrrole nitrogens is 1. The van der Waals surface area contributed by atoms with Gasteiger partial charge in [-0.3, -0.25) is 4.98 Å². The summed E-state index contributed by atoms with van der Waals surface area (Å²) in [5.41, 5.74) is 0.317. The lowest BCUT2D eigenvalue weighted by Gasteiger charge is -2.38. The lowest BCUT2D eigenvalue weighted by molar-refractivity contribution is -0.143. The standard InChI is InChI=1S/C17H16F3N7S/c18-17(19,20)12-10(2-1-4-22-12)28-11-6-23-13-14(24-11)26-15(25-13)27-5-3-16(9-27)7-21-8-16/h1-2,4,6,21H,3,5,7-9H2,(H,23,24,25,26). The summed E-state index contributed by atoms with van der Waals surface area (Å²) in [5, 5.41) is 3.67. The number of imidazole rings is 1. The number of aromatic amines is 1. The number of hydrogen-bond donors (Lipinski definition) is 2. The zero-order chi connectivity index (χ0) is 19.4. The number of nitrogens with one attached hydrogen (secondary N) is 2. The fourth-order valence-electron chi connectivity index (χ4n) is 3.65. The normalized spacial score (nSPS) is 18.8. The molecule has 2 fully saturated rings. The number of alkyl halides is 3. The molecule has 3 aromatic rings. The Morgan fingerprint density at radius 3 is 2.75 bits per heavy atom. The van der Waals surface area contributed by atoms with Gasteiger partial charge in [-0.2, -0.15) is 18.2 Å². The molecule has 3 aromatic heterocycles. The van der Waals surface area contributed by atoms with Crippen LogP contribution in [0.4, 0.5) is 19.1 Å². The van der Waals surface area contributed by atoms with E-state index in [9.17, 15) is 13.2 Å². The van der Waals surface area contributed by atoms with E-state index >= 15 is 0 Å². The van der Waals surface area contributed by atoms with Gasteiger partial charge in [0.25, 0.3) is 0 Å². The van der Waals surface area contributed by atoms with Crippen LogP contribution in [0.1, 0.15) is 12.1 Å². The predicted octanol–water partition coefficient (Wildman–Crippen LogP) is 2.72. The summed E-state index contributed by atoms with van der Waals surface area (Å²) < 4.78 is 39.4. The van der Waals surface area contributed by atoms with Crippen molar-refractivity contribution in [1.29, 1.82) is 0 Å². The van der Waals surface area contributed by atoms with Crippen LogP contribution < -0.4 is 10.2 Å². The Morgan fingerprint density at radius 1 is 1.18 bits per heavy atom. The molecule has 5 heterocycles. The summed E-state index contributed by atoms with van der Waals surface area (Å²) in [7, 11) is 0. The van der Waals surface area contributed by atoms with Gasteiger partial charge in [0.2, 0.25) is 5.95 Å². The maximum Gasteiger partial charge on any atom is 0.434 e. The van der Waals surface area contributed by atoms with Crippen LogP contribution in [0.2, 0.25) is 0 Å². The number of aromatic nitrogens is 5. The molecule has 1 spiro atoms. The Bertz CT molecular complexity index is 1030. The molecule has 0 unspecified atom stereocenters. The Kier molecular flexibility index (Phi) is 3.98. The fraction of sp³-hybridized carbons (Fsp3) is 0.412. The summed E-state index contributed by atoms with van der Waals surface area (Å²) in [6.07, 6.45) is -0.847. The van der Waals surface area contributed by atoms with Crippen molar-refractivity contribution in [3.8, 4) is 0 Å². The van der Waals surface area contributed by atoms with Crippen LogP contribution in [0.25, 0.3) is 11.3 Å². The van der Waals surface area contributed by atoms with Gasteiger partial charge in [-0.15, -0.1) is 0 Å². The van der Waals surface area contributed by atoms with E-state index in [1.165, 1.54) is 18.3 Å². The quantitative estimate of drug-likeness (QED) is 0.691. The molecular formula is C17H16F3N7S. The number of nitrogens with zero attached hydrogens (tertiary/aromatic N) is 5. The third-order valence-corrected chi connectivity index (χ3v) is 6.12. The van der Waals surface area contributed by atoms with Gasteiger partial charge in [0.1, 0.15) is 5.03 Å². The van der Waals surface area contributed by atoms with E-state index in [-0.39, 0.29) is 4.90 Å². The number of hydrogen-bond acceptors (Lipinski definition) is 7. The zero-order valence-corrected chi connectivity index (χ0v) is 15.4. The summed E-state index contributed by atoms with van der Waals surface area (Å²) in [4.78, 5) is 22.0. The summed E-state index contributed by atoms with van der Waals surface area (Å²) >= 11 is 0.884. The first-order valence-corrected chi connectivity index (χ1v) is 9.62. The molecule has 0 bridgehead atoms. The molecule has 0 aromatic carbocycles. The lowest BCUT2D eigenvalue weighted by Crippen LogP contribution is -2.54. The van der Waals surface area contributed by atoms with Crippen LogP contribution in [-0.2, 0) is 6.18 Å². The van der Waals surface area contributed by atoms with Crippen LogP contribution in [0, 0.1) is 5.41 Å². The maximum absolute atomic E-state index is 13.1. The van der Waals surface area contributed by atoms with Crippen LogP contribution in [0.15, 0.2) is 34.4 Å². The minimum absolute atomic E-state index is 0.0117. The van der Waals surface area contributed by atoms with E-state index in [0.717, 1.165) is 50.6 Å². The molecule has 0 atom stereocenters. The highest BCUT2D eigenvalue weighted by Gasteiger charge is 2.43. The van der Waals surface area contributed by atoms with Crippen molar-refractivity contribution < 1.29 is 13.2 Å². The Morgan fingerprint density at radius 2 is 2.04 bits per heavy atom. The minimum atomic E-state index is -4.52. The minimum Gasteiger partial charge on any atom is -0.342 e. The van der Waals surface area contributed by atoms with Crippen molar-refractivity contribution in [2.75, 3.05) is 31.1 Å². The molecule has 2 saturated heterocycles. The number of pyridine rings is 1. The van der Waals surface area contributed by atoms with E-state index in [4.69, 9.17) is 0 Å². The van der Waals surface area contributed by atoms with Crippen LogP contribution in [0.3, 0.4) is 0 Å². The van der Waals surface area contributed by atoms with Gasteiger partial charge in [0.15, 0.2) is 17.0 Å². The third kappa shape index (κ3) is 3.08. The second-order valence-corrected chi connectivity index (χ2v) is 8.23. The number of rotatable bonds is 3. The van der Waals surface area contributed by atoms with Crippen LogP contribution >= 0.6 is 11.8 Å². The molecule has 0 saturated carbocycles. The second-order valence-electron chi connectivity index (χ2n) is 7.17. The smallest absolute Gasteiger partial charge is 0.342 e. The van der Waals surface area contributed by atoms with Crippen molar-refractivity contribution >= 4 is 29.0 Å². The summed E-state index contributed by atoms with van der Waals surface area (Å²) in [5.74, 6) is 0.707. The first kappa shape index (κ1) is 17.7. The molecule has 2 aliphatic heterocycles. The largest absolute Gasteiger partial charge is 0.434 e. The molecule has 146 valence electrons. The van der Waals surface area contributed by atoms with E-state index in [2.05, 4.69) is 35.1 Å². The van der Waals surface area contributed by atoms with Gasteiger partial charge in [-0.1, -0.05) is 11.8 Å². The SMILES string of the molecule is FC(F)(F)c1ncccc1Sc1cnc2nc(N3CCC4(CNC4)C3)[nH]c2n1. The molecule has 28 heavy (non-hydrogen) atoms. The average molecular weight is 407 g/mol. The third-order valence-electron chi connectivity index (χ3n) is 5.16. The Labute approximate surface area is 162 Å². The van der Waals surface area contributed by atoms with Gasteiger partial charge in [0.05, 0.1) is 6.20 Å². The number of fused-ring (bicyclic) bond motifs is 1. The van der Waals surface area contributed by atoms with E-state index in [1.807, 2.05) is 0 Å². The molecule has 0 aliphatic carbocycles. The Balaban J connectivity index is 1.40. The van der Waals surface area contributed by atoms with Crippen molar-refractivity contribution in [2.24, 2.45) is 5.41 Å². The zero-order valence-electron chi connectivity index (χ0n) is 14.6. The van der Waals surface area contributed by atoms with E-state index in [1.54, 1.807) is 0 Å². The molecule has 11 heteroatoms. The highest BCUT2D eigenvalue weighted by atomic mass is 32.2. The maximum atomic E-state index is 13.1. The summed E-state index contributed by atoms with van der Waals surface area (Å²) in [6.45, 7) is 3.88. The van der Waals surface area contributed by atoms with Gasteiger partial charge < -0.3 is 15.2 Å². The van der Waals surface area contributed by atoms with Gasteiger partial charge in [-0.25, -0.2) is 9.97 Å². The highest BCUT2D eigenvalue weighted by molar-refractivity contribution is 7.99. The number of halogens is 3. The van der Waals surface area contributed by atoms with Crippen molar-refractivity contribution in [3.05, 3.63) is 30.2 Å². The first-order valence-electron chi connectivity index (χ1n) is 8.80. The highest BCUT2D eigenvalue weighted by Crippen LogP contribution is 2.38. The molecule has 0 amide bonds. The van der Waals surface area contributed by atoms with Crippen LogP contribution in [0.5, 0.6) is 0 Å². The predicted molar refractivity (Wildman–Crippen MR) is 97.2 cm³/mol. The van der Waals surface area contributed by atoms with E-state index in [0.29, 0.717) is 27.7 Å². The Hall–Kier alpha value is -2.40. The molecule has 0 radical (unpaired) electrons. The van der Waals surface area contributed by atoms with Gasteiger partial charge in [-0.05, 0) is 18.6 Å². The summed E-state index contributed by atoms with van der Waals surface area (Å²) in [6, 6.07) is 2.84. The van der Waals surface area contributed by atoms with E-state index < -0.39 is 11.9 Å². The molecule has 2 aliphatic rings. The first-order chi connectivity index (χ1) is 13.4. The topological polar surface area (TPSA) is 82.6 Å². The van der Waals surface area contributed by atoms with Crippen LogP contribution in [-0.4, -0.2) is 51.1 Å². The monoisotopic (exact) mass is 407 g/mol. The molecule has 5 rings (SSSR count). The lowest BCUT2D eigenvalue weighted by atomic mass is 9.81. The van der Waals surface area contributed by atoms with Gasteiger partial charge in [0, 0.05) is 42.7 Å². The van der Waals surface area contributed by atoms with Crippen molar-refractivity contribution in [3.63, 3.8) is 0 Å². The average Bonchev–Trinajstić information content (AvgIpc) is 3.25. The molecular weight excluding hydrogens is 391 g/mol.